The van der Waals surface area contributed by atoms with Gasteiger partial charge in [0.2, 0.25) is 0 Å². The maximum absolute atomic E-state index is 13.4. The van der Waals surface area contributed by atoms with E-state index in [9.17, 15) is 14.4 Å². The molecule has 0 radical (unpaired) electrons. The second kappa shape index (κ2) is 12.4. The molecule has 4 N–H and O–H groups in total. The lowest BCUT2D eigenvalue weighted by Crippen LogP contribution is -2.46. The Bertz CT molecular complexity index is 1420. The molecule has 0 unspecified atom stereocenters. The van der Waals surface area contributed by atoms with Crippen LogP contribution in [0.4, 0.5) is 16.2 Å². The summed E-state index contributed by atoms with van der Waals surface area (Å²) in [4.78, 5) is 38.1. The van der Waals surface area contributed by atoms with Gasteiger partial charge < -0.3 is 35.5 Å². The number of carbonyl (C=O) groups is 3. The SMILES string of the molecule is COc1ccccc1NC(=O)C1=C(C)NC(=O)N[C@H]1c1ccc(OCC(=O)Nc2ccc(Br)cc2)c(OC)c1. The first-order valence-corrected chi connectivity index (χ1v) is 12.7. The van der Waals surface area contributed by atoms with Crippen LogP contribution in [0.25, 0.3) is 0 Å². The molecule has 0 fully saturated rings. The van der Waals surface area contributed by atoms with Crippen LogP contribution in [-0.4, -0.2) is 38.7 Å². The Kier molecular flexibility index (Phi) is 8.72. The quantitative estimate of drug-likeness (QED) is 0.283. The molecule has 0 aromatic heterocycles. The van der Waals surface area contributed by atoms with E-state index in [1.807, 2.05) is 12.1 Å². The van der Waals surface area contributed by atoms with E-state index in [4.69, 9.17) is 14.2 Å². The Morgan fingerprint density at radius 2 is 1.64 bits per heavy atom. The molecule has 1 heterocycles. The second-order valence-corrected chi connectivity index (χ2v) is 9.39. The highest BCUT2D eigenvalue weighted by Gasteiger charge is 2.32. The number of rotatable bonds is 9. The number of benzene rings is 3. The van der Waals surface area contributed by atoms with Crippen LogP contribution in [0.3, 0.4) is 0 Å². The van der Waals surface area contributed by atoms with E-state index in [1.54, 1.807) is 61.5 Å². The highest BCUT2D eigenvalue weighted by atomic mass is 79.9. The van der Waals surface area contributed by atoms with E-state index in [1.165, 1.54) is 14.2 Å². The van der Waals surface area contributed by atoms with E-state index < -0.39 is 18.0 Å². The molecular formula is C28H27BrN4O6. The van der Waals surface area contributed by atoms with Crippen LogP contribution in [-0.2, 0) is 9.59 Å². The molecule has 0 bridgehead atoms. The van der Waals surface area contributed by atoms with E-state index in [0.717, 1.165) is 4.47 Å². The van der Waals surface area contributed by atoms with Crippen LogP contribution in [0, 0.1) is 0 Å². The number of methoxy groups -OCH3 is 2. The van der Waals surface area contributed by atoms with E-state index in [0.29, 0.717) is 45.5 Å². The zero-order valence-electron chi connectivity index (χ0n) is 21.5. The summed E-state index contributed by atoms with van der Waals surface area (Å²) >= 11 is 3.35. The number of hydrogen-bond donors (Lipinski definition) is 4. The van der Waals surface area contributed by atoms with Gasteiger partial charge in [-0.05, 0) is 61.0 Å². The van der Waals surface area contributed by atoms with Gasteiger partial charge in [-0.15, -0.1) is 0 Å². The highest BCUT2D eigenvalue weighted by molar-refractivity contribution is 9.10. The van der Waals surface area contributed by atoms with Crippen LogP contribution >= 0.6 is 15.9 Å². The van der Waals surface area contributed by atoms with Gasteiger partial charge in [0.05, 0.1) is 31.5 Å². The number of urea groups is 1. The molecule has 4 rings (SSSR count). The van der Waals surface area contributed by atoms with E-state index >= 15 is 0 Å². The smallest absolute Gasteiger partial charge is 0.319 e. The lowest BCUT2D eigenvalue weighted by Gasteiger charge is -2.29. The van der Waals surface area contributed by atoms with Gasteiger partial charge in [-0.3, -0.25) is 9.59 Å². The highest BCUT2D eigenvalue weighted by Crippen LogP contribution is 2.35. The monoisotopic (exact) mass is 594 g/mol. The Balaban J connectivity index is 1.53. The lowest BCUT2D eigenvalue weighted by atomic mass is 9.94. The molecule has 1 aliphatic heterocycles. The summed E-state index contributed by atoms with van der Waals surface area (Å²) in [5.41, 5.74) is 2.42. The largest absolute Gasteiger partial charge is 0.495 e. The van der Waals surface area contributed by atoms with Gasteiger partial charge in [-0.25, -0.2) is 4.79 Å². The van der Waals surface area contributed by atoms with Gasteiger partial charge in [0.15, 0.2) is 18.1 Å². The van der Waals surface area contributed by atoms with Crippen LogP contribution < -0.4 is 35.5 Å². The van der Waals surface area contributed by atoms with Crippen LogP contribution in [0.2, 0.25) is 0 Å². The van der Waals surface area contributed by atoms with Crippen molar-refractivity contribution in [1.29, 1.82) is 0 Å². The van der Waals surface area contributed by atoms with Gasteiger partial charge in [-0.2, -0.15) is 0 Å². The number of allylic oxidation sites excluding steroid dienone is 1. The minimum absolute atomic E-state index is 0.249. The fraction of sp³-hybridized carbons (Fsp3) is 0.179. The molecule has 0 saturated carbocycles. The number of carbonyl (C=O) groups excluding carboxylic acids is 3. The van der Waals surface area contributed by atoms with Crippen molar-refractivity contribution in [2.45, 2.75) is 13.0 Å². The molecule has 3 aromatic rings. The maximum atomic E-state index is 13.4. The summed E-state index contributed by atoms with van der Waals surface area (Å²) in [6, 6.07) is 17.9. The number of ether oxygens (including phenoxy) is 3. The average molecular weight is 595 g/mol. The minimum atomic E-state index is -0.780. The van der Waals surface area contributed by atoms with Crippen LogP contribution in [0.5, 0.6) is 17.2 Å². The summed E-state index contributed by atoms with van der Waals surface area (Å²) in [6.45, 7) is 1.41. The summed E-state index contributed by atoms with van der Waals surface area (Å²) in [6.07, 6.45) is 0. The zero-order chi connectivity index (χ0) is 27.9. The molecule has 202 valence electrons. The summed E-state index contributed by atoms with van der Waals surface area (Å²) in [7, 11) is 2.98. The van der Waals surface area contributed by atoms with Gasteiger partial charge in [0, 0.05) is 15.9 Å². The van der Waals surface area contributed by atoms with E-state index in [2.05, 4.69) is 37.2 Å². The third-order valence-electron chi connectivity index (χ3n) is 5.88. The minimum Gasteiger partial charge on any atom is -0.495 e. The molecule has 10 nitrogen and oxygen atoms in total. The van der Waals surface area contributed by atoms with E-state index in [-0.39, 0.29) is 12.5 Å². The number of anilines is 2. The Hall–Kier alpha value is -4.51. The Morgan fingerprint density at radius 3 is 2.36 bits per heavy atom. The zero-order valence-corrected chi connectivity index (χ0v) is 23.0. The van der Waals surface area contributed by atoms with Crippen molar-refractivity contribution in [3.63, 3.8) is 0 Å². The van der Waals surface area contributed by atoms with Crippen molar-refractivity contribution >= 4 is 45.2 Å². The summed E-state index contributed by atoms with van der Waals surface area (Å²) in [5, 5.41) is 11.1. The topological polar surface area (TPSA) is 127 Å². The normalized spacial score (nSPS) is 14.6. The standard InChI is InChI=1S/C28H27BrN4O6/c1-16-25(27(35)32-20-6-4-5-7-21(20)37-2)26(33-28(36)30-16)17-8-13-22(23(14-17)38-3)39-15-24(34)31-19-11-9-18(29)10-12-19/h4-14,26H,15H2,1-3H3,(H,31,34)(H,32,35)(H2,30,33,36)/t26-/m0/s1. The van der Waals surface area contributed by atoms with Gasteiger partial charge >= 0.3 is 6.03 Å². The van der Waals surface area contributed by atoms with Crippen LogP contribution in [0.15, 0.2) is 82.5 Å². The van der Waals surface area contributed by atoms with Crippen LogP contribution in [0.1, 0.15) is 18.5 Å². The van der Waals surface area contributed by atoms with Gasteiger partial charge in [-0.1, -0.05) is 34.1 Å². The summed E-state index contributed by atoms with van der Waals surface area (Å²) < 4.78 is 17.4. The lowest BCUT2D eigenvalue weighted by molar-refractivity contribution is -0.118. The molecule has 1 atom stereocenters. The first kappa shape index (κ1) is 27.5. The van der Waals surface area contributed by atoms with Crippen molar-refractivity contribution in [2.24, 2.45) is 0 Å². The predicted octanol–water partition coefficient (Wildman–Crippen LogP) is 4.75. The van der Waals surface area contributed by atoms with Crippen molar-refractivity contribution in [1.82, 2.24) is 10.6 Å². The van der Waals surface area contributed by atoms with Crippen molar-refractivity contribution < 1.29 is 28.6 Å². The molecule has 0 aliphatic carbocycles. The Labute approximate surface area is 233 Å². The summed E-state index contributed by atoms with van der Waals surface area (Å²) in [5.74, 6) is 0.397. The van der Waals surface area contributed by atoms with Gasteiger partial charge in [0.25, 0.3) is 11.8 Å². The first-order valence-electron chi connectivity index (χ1n) is 11.9. The predicted molar refractivity (Wildman–Crippen MR) is 150 cm³/mol. The first-order chi connectivity index (χ1) is 18.8. The molecule has 3 aromatic carbocycles. The molecular weight excluding hydrogens is 568 g/mol. The number of hydrogen-bond acceptors (Lipinski definition) is 6. The molecule has 0 spiro atoms. The third kappa shape index (κ3) is 6.68. The van der Waals surface area contributed by atoms with Crippen molar-refractivity contribution in [3.05, 3.63) is 88.0 Å². The van der Waals surface area contributed by atoms with Crippen molar-refractivity contribution in [3.8, 4) is 17.2 Å². The number of halogens is 1. The third-order valence-corrected chi connectivity index (χ3v) is 6.41. The molecule has 11 heteroatoms. The number of para-hydroxylation sites is 2. The van der Waals surface area contributed by atoms with Crippen molar-refractivity contribution in [2.75, 3.05) is 31.5 Å². The van der Waals surface area contributed by atoms with Gasteiger partial charge in [0.1, 0.15) is 5.75 Å². The molecule has 0 saturated heterocycles. The fourth-order valence-corrected chi connectivity index (χ4v) is 4.30. The average Bonchev–Trinajstić information content (AvgIpc) is 2.92. The fourth-order valence-electron chi connectivity index (χ4n) is 4.04. The molecule has 39 heavy (non-hydrogen) atoms. The molecule has 4 amide bonds. The number of amides is 4. The second-order valence-electron chi connectivity index (χ2n) is 8.48. The molecule has 1 aliphatic rings. The number of nitrogens with one attached hydrogen (secondary N) is 4. The maximum Gasteiger partial charge on any atom is 0.319 e. The Morgan fingerprint density at radius 1 is 0.923 bits per heavy atom.